The van der Waals surface area contributed by atoms with E-state index >= 15 is 0 Å². The van der Waals surface area contributed by atoms with Crippen LogP contribution < -0.4 is 5.32 Å². The molecule has 1 heterocycles. The number of aliphatic hydroxyl groups excluding tert-OH is 1. The van der Waals surface area contributed by atoms with Crippen molar-refractivity contribution in [3.8, 4) is 0 Å². The smallest absolute Gasteiger partial charge is 0.326 e. The molecular weight excluding hydrogens is 248 g/mol. The second-order valence-corrected chi connectivity index (χ2v) is 6.07. The summed E-state index contributed by atoms with van der Waals surface area (Å²) >= 11 is 0. The van der Waals surface area contributed by atoms with Gasteiger partial charge in [-0.3, -0.25) is 0 Å². The molecule has 0 aromatic heterocycles. The van der Waals surface area contributed by atoms with E-state index in [4.69, 9.17) is 5.11 Å². The molecule has 1 unspecified atom stereocenters. The SMILES string of the molecule is CC(C)C1(CNC(=O)N2CC(O)C[C@H]2C(=O)O)CC1. The Kier molecular flexibility index (Phi) is 3.71. The fourth-order valence-corrected chi connectivity index (χ4v) is 2.74. The summed E-state index contributed by atoms with van der Waals surface area (Å²) in [6, 6.07) is -1.29. The number of aliphatic hydroxyl groups is 1. The van der Waals surface area contributed by atoms with Gasteiger partial charge in [0.15, 0.2) is 0 Å². The van der Waals surface area contributed by atoms with E-state index in [1.54, 1.807) is 0 Å². The van der Waals surface area contributed by atoms with Crippen LogP contribution in [0, 0.1) is 11.3 Å². The summed E-state index contributed by atoms with van der Waals surface area (Å²) < 4.78 is 0. The average molecular weight is 270 g/mol. The zero-order chi connectivity index (χ0) is 14.2. The van der Waals surface area contributed by atoms with Crippen molar-refractivity contribution < 1.29 is 19.8 Å². The number of rotatable bonds is 4. The number of hydrogen-bond acceptors (Lipinski definition) is 3. The van der Waals surface area contributed by atoms with E-state index in [9.17, 15) is 14.7 Å². The highest BCUT2D eigenvalue weighted by atomic mass is 16.4. The van der Waals surface area contributed by atoms with E-state index in [1.807, 2.05) is 0 Å². The summed E-state index contributed by atoms with van der Waals surface area (Å²) in [4.78, 5) is 24.3. The second kappa shape index (κ2) is 5.00. The van der Waals surface area contributed by atoms with Crippen LogP contribution in [0.4, 0.5) is 4.79 Å². The predicted molar refractivity (Wildman–Crippen MR) is 68.7 cm³/mol. The molecule has 1 saturated heterocycles. The van der Waals surface area contributed by atoms with Crippen molar-refractivity contribution in [2.24, 2.45) is 11.3 Å². The van der Waals surface area contributed by atoms with Crippen LogP contribution in [0.2, 0.25) is 0 Å². The molecule has 0 aromatic carbocycles. The Morgan fingerprint density at radius 1 is 1.42 bits per heavy atom. The topological polar surface area (TPSA) is 89.9 Å². The summed E-state index contributed by atoms with van der Waals surface area (Å²) in [7, 11) is 0. The molecule has 2 amide bonds. The molecule has 2 aliphatic rings. The number of nitrogens with one attached hydrogen (secondary N) is 1. The molecule has 0 aromatic rings. The van der Waals surface area contributed by atoms with Gasteiger partial charge in [-0.15, -0.1) is 0 Å². The Hall–Kier alpha value is -1.30. The van der Waals surface area contributed by atoms with Crippen LogP contribution in [-0.2, 0) is 4.79 Å². The molecule has 6 heteroatoms. The van der Waals surface area contributed by atoms with Gasteiger partial charge in [-0.2, -0.15) is 0 Å². The number of carbonyl (C=O) groups is 2. The number of urea groups is 1. The van der Waals surface area contributed by atoms with E-state index in [-0.39, 0.29) is 24.4 Å². The molecule has 2 atom stereocenters. The van der Waals surface area contributed by atoms with Crippen LogP contribution in [0.3, 0.4) is 0 Å². The summed E-state index contributed by atoms with van der Waals surface area (Å²) in [5, 5.41) is 21.4. The van der Waals surface area contributed by atoms with Gasteiger partial charge in [-0.05, 0) is 24.2 Å². The van der Waals surface area contributed by atoms with Crippen molar-refractivity contribution in [1.82, 2.24) is 10.2 Å². The maximum atomic E-state index is 12.0. The van der Waals surface area contributed by atoms with Gasteiger partial charge < -0.3 is 20.4 Å². The molecule has 1 aliphatic heterocycles. The fraction of sp³-hybridized carbons (Fsp3) is 0.846. The minimum Gasteiger partial charge on any atom is -0.480 e. The van der Waals surface area contributed by atoms with E-state index < -0.39 is 18.1 Å². The van der Waals surface area contributed by atoms with Gasteiger partial charge >= 0.3 is 12.0 Å². The lowest BCUT2D eigenvalue weighted by atomic mass is 9.92. The lowest BCUT2D eigenvalue weighted by Crippen LogP contribution is -2.47. The van der Waals surface area contributed by atoms with E-state index in [0.717, 1.165) is 12.8 Å². The third kappa shape index (κ3) is 2.83. The number of carboxylic acids is 1. The lowest BCUT2D eigenvalue weighted by Gasteiger charge is -2.25. The van der Waals surface area contributed by atoms with Crippen LogP contribution in [0.1, 0.15) is 33.1 Å². The molecule has 0 radical (unpaired) electrons. The van der Waals surface area contributed by atoms with E-state index in [1.165, 1.54) is 4.90 Å². The third-order valence-corrected chi connectivity index (χ3v) is 4.53. The number of nitrogens with zero attached hydrogens (tertiary/aromatic N) is 1. The summed E-state index contributed by atoms with van der Waals surface area (Å²) in [6.07, 6.45) is 1.58. The normalized spacial score (nSPS) is 28.5. The lowest BCUT2D eigenvalue weighted by molar-refractivity contribution is -0.141. The van der Waals surface area contributed by atoms with Crippen LogP contribution in [-0.4, -0.2) is 52.3 Å². The Bertz CT molecular complexity index is 379. The first-order valence-corrected chi connectivity index (χ1v) is 6.81. The monoisotopic (exact) mass is 270 g/mol. The molecule has 6 nitrogen and oxygen atoms in total. The predicted octanol–water partition coefficient (Wildman–Crippen LogP) is 0.652. The van der Waals surface area contributed by atoms with Crippen molar-refractivity contribution in [3.05, 3.63) is 0 Å². The van der Waals surface area contributed by atoms with Crippen LogP contribution in [0.15, 0.2) is 0 Å². The number of β-amino-alcohol motifs (C(OH)–C–C–N with tert-alkyl or cyclic N) is 1. The maximum Gasteiger partial charge on any atom is 0.326 e. The van der Waals surface area contributed by atoms with Gasteiger partial charge in [0.1, 0.15) is 6.04 Å². The highest BCUT2D eigenvalue weighted by Crippen LogP contribution is 2.51. The Morgan fingerprint density at radius 2 is 2.05 bits per heavy atom. The second-order valence-electron chi connectivity index (χ2n) is 6.07. The molecule has 0 bridgehead atoms. The van der Waals surface area contributed by atoms with Crippen LogP contribution in [0.5, 0.6) is 0 Å². The van der Waals surface area contributed by atoms with Crippen molar-refractivity contribution >= 4 is 12.0 Å². The number of hydrogen-bond donors (Lipinski definition) is 3. The Balaban J connectivity index is 1.91. The van der Waals surface area contributed by atoms with Crippen molar-refractivity contribution in [2.45, 2.75) is 45.3 Å². The minimum absolute atomic E-state index is 0.0947. The third-order valence-electron chi connectivity index (χ3n) is 4.53. The van der Waals surface area contributed by atoms with Gasteiger partial charge in [0.05, 0.1) is 6.10 Å². The first-order valence-electron chi connectivity index (χ1n) is 6.81. The highest BCUT2D eigenvalue weighted by Gasteiger charge is 2.46. The zero-order valence-corrected chi connectivity index (χ0v) is 11.4. The Morgan fingerprint density at radius 3 is 2.53 bits per heavy atom. The molecule has 0 spiro atoms. The molecular formula is C13H22N2O4. The quantitative estimate of drug-likeness (QED) is 0.699. The molecule has 1 saturated carbocycles. The van der Waals surface area contributed by atoms with Crippen LogP contribution in [0.25, 0.3) is 0 Å². The van der Waals surface area contributed by atoms with Crippen molar-refractivity contribution in [2.75, 3.05) is 13.1 Å². The number of carboxylic acid groups (broad SMARTS) is 1. The largest absolute Gasteiger partial charge is 0.480 e. The molecule has 3 N–H and O–H groups in total. The summed E-state index contributed by atoms with van der Waals surface area (Å²) in [5.74, 6) is -0.552. The van der Waals surface area contributed by atoms with E-state index in [2.05, 4.69) is 19.2 Å². The van der Waals surface area contributed by atoms with Gasteiger partial charge in [0, 0.05) is 19.5 Å². The minimum atomic E-state index is -1.06. The number of aliphatic carboxylic acids is 1. The standard InChI is InChI=1S/C13H22N2O4/c1-8(2)13(3-4-13)7-14-12(19)15-6-9(16)5-10(15)11(17)18/h8-10,16H,3-7H2,1-2H3,(H,14,19)(H,17,18)/t9?,10-/m0/s1. The van der Waals surface area contributed by atoms with Gasteiger partial charge in [0.2, 0.25) is 0 Å². The fourth-order valence-electron chi connectivity index (χ4n) is 2.74. The first kappa shape index (κ1) is 14.1. The van der Waals surface area contributed by atoms with Gasteiger partial charge in [-0.1, -0.05) is 13.8 Å². The average Bonchev–Trinajstić information content (AvgIpc) is 3.02. The van der Waals surface area contributed by atoms with Gasteiger partial charge in [-0.25, -0.2) is 9.59 Å². The number of amides is 2. The number of carbonyl (C=O) groups excluding carboxylic acids is 1. The number of likely N-dealkylation sites (tertiary alicyclic amines) is 1. The molecule has 108 valence electrons. The maximum absolute atomic E-state index is 12.0. The van der Waals surface area contributed by atoms with Crippen LogP contribution >= 0.6 is 0 Å². The van der Waals surface area contributed by atoms with Gasteiger partial charge in [0.25, 0.3) is 0 Å². The van der Waals surface area contributed by atoms with Crippen molar-refractivity contribution in [3.63, 3.8) is 0 Å². The zero-order valence-electron chi connectivity index (χ0n) is 11.4. The van der Waals surface area contributed by atoms with E-state index in [0.29, 0.717) is 12.5 Å². The molecule has 2 rings (SSSR count). The first-order chi connectivity index (χ1) is 8.85. The summed E-state index contributed by atoms with van der Waals surface area (Å²) in [6.45, 7) is 4.96. The summed E-state index contributed by atoms with van der Waals surface area (Å²) in [5.41, 5.74) is 0.187. The van der Waals surface area contributed by atoms with Crippen molar-refractivity contribution in [1.29, 1.82) is 0 Å². The molecule has 1 aliphatic carbocycles. The Labute approximate surface area is 112 Å². The highest BCUT2D eigenvalue weighted by molar-refractivity contribution is 5.83. The molecule has 2 fully saturated rings. The molecule has 19 heavy (non-hydrogen) atoms.